The maximum atomic E-state index is 13.5. The van der Waals surface area contributed by atoms with Crippen LogP contribution in [0.1, 0.15) is 66.2 Å². The summed E-state index contributed by atoms with van der Waals surface area (Å²) in [5, 5.41) is 12.5. The van der Waals surface area contributed by atoms with Gasteiger partial charge in [0.15, 0.2) is 11.6 Å². The lowest BCUT2D eigenvalue weighted by Gasteiger charge is -2.68. The summed E-state index contributed by atoms with van der Waals surface area (Å²) in [5.41, 5.74) is 0.558. The molecular formula is C30H39NO6. The van der Waals surface area contributed by atoms with Gasteiger partial charge in [0.1, 0.15) is 5.72 Å². The third-order valence-corrected chi connectivity index (χ3v) is 12.6. The molecule has 5 heterocycles. The molecule has 0 aromatic heterocycles. The lowest BCUT2D eigenvalue weighted by Crippen LogP contribution is -2.71. The number of esters is 1. The second-order valence-electron chi connectivity index (χ2n) is 14.3. The number of carbonyl (C=O) groups is 2. The predicted octanol–water partition coefficient (Wildman–Crippen LogP) is 3.57. The SMILES string of the molecule is CC1=CC(=O)[C@@H]2[C@@H](C1)C13C=C4N5C[C@@H]6C[C@H](C)CC5(CC[C@@]4(C)[C@]4(COC(=O)C4)[C@@H]1[C@](O)(OC3)[C@@H]2C)O6. The van der Waals surface area contributed by atoms with Crippen LogP contribution in [0, 0.1) is 45.8 Å². The van der Waals surface area contributed by atoms with Gasteiger partial charge in [0, 0.05) is 46.2 Å². The summed E-state index contributed by atoms with van der Waals surface area (Å²) >= 11 is 0. The smallest absolute Gasteiger partial charge is 0.306 e. The molecule has 11 atom stereocenters. The molecule has 5 saturated heterocycles. The van der Waals surface area contributed by atoms with Gasteiger partial charge in [-0.25, -0.2) is 0 Å². The summed E-state index contributed by atoms with van der Waals surface area (Å²) in [6.45, 7) is 10.2. The number of hydrogen-bond donors (Lipinski definition) is 1. The van der Waals surface area contributed by atoms with Gasteiger partial charge in [-0.3, -0.25) is 9.59 Å². The van der Waals surface area contributed by atoms with E-state index in [2.05, 4.69) is 24.8 Å². The predicted molar refractivity (Wildman–Crippen MR) is 132 cm³/mol. The molecule has 8 aliphatic rings. The van der Waals surface area contributed by atoms with Crippen LogP contribution in [0.15, 0.2) is 23.4 Å². The molecule has 7 heteroatoms. The van der Waals surface area contributed by atoms with E-state index in [4.69, 9.17) is 14.2 Å². The highest BCUT2D eigenvalue weighted by Crippen LogP contribution is 2.78. The average molecular weight is 510 g/mol. The molecule has 2 spiro atoms. The van der Waals surface area contributed by atoms with Crippen LogP contribution < -0.4 is 0 Å². The Hall–Kier alpha value is -1.70. The largest absolute Gasteiger partial charge is 0.465 e. The van der Waals surface area contributed by atoms with E-state index in [0.29, 0.717) is 19.1 Å². The zero-order valence-corrected chi connectivity index (χ0v) is 22.4. The lowest BCUT2D eigenvalue weighted by atomic mass is 9.37. The van der Waals surface area contributed by atoms with E-state index in [-0.39, 0.29) is 59.1 Å². The van der Waals surface area contributed by atoms with Gasteiger partial charge in [-0.1, -0.05) is 32.4 Å². The minimum Gasteiger partial charge on any atom is -0.465 e. The van der Waals surface area contributed by atoms with Crippen LogP contribution in [-0.4, -0.2) is 59.1 Å². The quantitative estimate of drug-likeness (QED) is 0.500. The number of rotatable bonds is 0. The van der Waals surface area contributed by atoms with E-state index in [9.17, 15) is 14.7 Å². The molecule has 0 radical (unpaired) electrons. The van der Waals surface area contributed by atoms with Crippen LogP contribution >= 0.6 is 0 Å². The number of cyclic esters (lactones) is 1. The standard InChI is InChI=1S/C30H39NO6/c1-16-8-20-24(21(32)9-16)18(3)30(34)25-27(20,14-36-30)11-22-26(4,28(25)12-23(33)35-15-28)5-6-29-10-17(2)7-19(37-29)13-31(22)29/h9,11,17-20,24-25,34H,5-8,10,12-15H2,1-4H3/t17-,18+,19-,20+,24-,25+,26+,27?,28+,29?,30+/m0/s1. The van der Waals surface area contributed by atoms with E-state index in [1.807, 2.05) is 13.8 Å². The molecule has 37 heavy (non-hydrogen) atoms. The maximum Gasteiger partial charge on any atom is 0.306 e. The van der Waals surface area contributed by atoms with Crippen molar-refractivity contribution in [3.8, 4) is 0 Å². The Balaban J connectivity index is 1.39. The van der Waals surface area contributed by atoms with E-state index in [1.54, 1.807) is 6.08 Å². The molecule has 8 rings (SSSR count). The number of aliphatic hydroxyl groups is 1. The summed E-state index contributed by atoms with van der Waals surface area (Å²) in [6.07, 6.45) is 9.42. The molecule has 4 bridgehead atoms. The molecule has 7 nitrogen and oxygen atoms in total. The fraction of sp³-hybridized carbons (Fsp3) is 0.800. The number of ether oxygens (including phenoxy) is 3. The number of allylic oxidation sites excluding steroid dienone is 3. The Labute approximate surface area is 218 Å². The van der Waals surface area contributed by atoms with Gasteiger partial charge in [0.25, 0.3) is 0 Å². The second kappa shape index (κ2) is 6.71. The highest BCUT2D eigenvalue weighted by atomic mass is 16.6. The molecule has 0 amide bonds. The van der Waals surface area contributed by atoms with Crippen molar-refractivity contribution in [2.45, 2.75) is 83.8 Å². The Morgan fingerprint density at radius 1 is 1.16 bits per heavy atom. The first-order valence-corrected chi connectivity index (χ1v) is 14.4. The monoisotopic (exact) mass is 509 g/mol. The van der Waals surface area contributed by atoms with Crippen molar-refractivity contribution >= 4 is 11.8 Å². The molecule has 6 fully saturated rings. The third kappa shape index (κ3) is 2.43. The lowest BCUT2D eigenvalue weighted by molar-refractivity contribution is -0.293. The number of nitrogens with zero attached hydrogens (tertiary/aromatic N) is 1. The Kier molecular flexibility index (Phi) is 4.21. The Morgan fingerprint density at radius 2 is 1.97 bits per heavy atom. The molecule has 5 aliphatic heterocycles. The molecule has 200 valence electrons. The highest BCUT2D eigenvalue weighted by Gasteiger charge is 2.81. The maximum absolute atomic E-state index is 13.5. The topological polar surface area (TPSA) is 85.3 Å². The summed E-state index contributed by atoms with van der Waals surface area (Å²) in [6, 6.07) is 0. The zero-order valence-electron chi connectivity index (χ0n) is 22.4. The second-order valence-corrected chi connectivity index (χ2v) is 14.3. The number of piperidine rings is 1. The first-order chi connectivity index (χ1) is 17.5. The number of carbonyl (C=O) groups excluding carboxylic acids is 2. The van der Waals surface area contributed by atoms with Gasteiger partial charge in [0.2, 0.25) is 0 Å². The molecule has 1 saturated carbocycles. The van der Waals surface area contributed by atoms with Gasteiger partial charge < -0.3 is 24.2 Å². The van der Waals surface area contributed by atoms with Gasteiger partial charge >= 0.3 is 5.97 Å². The number of fused-ring (bicyclic) bond motifs is 5. The minimum atomic E-state index is -1.48. The molecular weight excluding hydrogens is 470 g/mol. The van der Waals surface area contributed by atoms with E-state index < -0.39 is 16.6 Å². The molecule has 0 aromatic carbocycles. The van der Waals surface area contributed by atoms with E-state index >= 15 is 0 Å². The first kappa shape index (κ1) is 23.2. The van der Waals surface area contributed by atoms with Crippen LogP contribution in [0.4, 0.5) is 0 Å². The Bertz CT molecular complexity index is 1190. The zero-order chi connectivity index (χ0) is 25.8. The Morgan fingerprint density at radius 3 is 2.73 bits per heavy atom. The molecule has 0 aromatic rings. The summed E-state index contributed by atoms with van der Waals surface area (Å²) in [7, 11) is 0. The van der Waals surface area contributed by atoms with Crippen LogP contribution in [0.25, 0.3) is 0 Å². The highest BCUT2D eigenvalue weighted by molar-refractivity contribution is 5.94. The average Bonchev–Trinajstić information content (AvgIpc) is 3.43. The third-order valence-electron chi connectivity index (χ3n) is 12.6. The van der Waals surface area contributed by atoms with Crippen LogP contribution in [0.5, 0.6) is 0 Å². The van der Waals surface area contributed by atoms with Crippen molar-refractivity contribution in [2.75, 3.05) is 19.8 Å². The van der Waals surface area contributed by atoms with Gasteiger partial charge in [-0.2, -0.15) is 0 Å². The van der Waals surface area contributed by atoms with Crippen LogP contribution in [0.2, 0.25) is 0 Å². The molecule has 3 aliphatic carbocycles. The van der Waals surface area contributed by atoms with E-state index in [0.717, 1.165) is 44.2 Å². The van der Waals surface area contributed by atoms with Gasteiger partial charge in [-0.05, 0) is 56.9 Å². The first-order valence-electron chi connectivity index (χ1n) is 14.4. The van der Waals surface area contributed by atoms with Crippen molar-refractivity contribution in [2.24, 2.45) is 45.8 Å². The molecule has 2 unspecified atom stereocenters. The number of hydrogen-bond acceptors (Lipinski definition) is 7. The normalized spacial score (nSPS) is 57.3. The van der Waals surface area contributed by atoms with Crippen molar-refractivity contribution in [3.05, 3.63) is 23.4 Å². The minimum absolute atomic E-state index is 0.0251. The van der Waals surface area contributed by atoms with Crippen molar-refractivity contribution in [1.82, 2.24) is 4.90 Å². The van der Waals surface area contributed by atoms with Crippen molar-refractivity contribution in [1.29, 1.82) is 0 Å². The van der Waals surface area contributed by atoms with Crippen LogP contribution in [-0.2, 0) is 23.8 Å². The van der Waals surface area contributed by atoms with E-state index in [1.165, 1.54) is 5.70 Å². The molecule has 1 N–H and O–H groups in total. The van der Waals surface area contributed by atoms with Crippen LogP contribution in [0.3, 0.4) is 0 Å². The number of ketones is 1. The fourth-order valence-electron chi connectivity index (χ4n) is 11.1. The van der Waals surface area contributed by atoms with Crippen molar-refractivity contribution in [3.63, 3.8) is 0 Å². The summed E-state index contributed by atoms with van der Waals surface area (Å²) in [4.78, 5) is 29.0. The van der Waals surface area contributed by atoms with Gasteiger partial charge in [0.05, 0.1) is 25.7 Å². The summed E-state index contributed by atoms with van der Waals surface area (Å²) in [5.74, 6) is -1.88. The van der Waals surface area contributed by atoms with Gasteiger partial charge in [-0.15, -0.1) is 0 Å². The van der Waals surface area contributed by atoms with Crippen molar-refractivity contribution < 1.29 is 28.9 Å². The summed E-state index contributed by atoms with van der Waals surface area (Å²) < 4.78 is 19.1. The fourth-order valence-corrected chi connectivity index (χ4v) is 11.1.